The molecule has 0 saturated carbocycles. The molecule has 152 valence electrons. The Morgan fingerprint density at radius 2 is 1.67 bits per heavy atom. The summed E-state index contributed by atoms with van der Waals surface area (Å²) in [6.45, 7) is 0.159. The fourth-order valence-corrected chi connectivity index (χ4v) is 5.84. The van der Waals surface area contributed by atoms with Gasteiger partial charge in [-0.15, -0.1) is 0 Å². The Bertz CT molecular complexity index is 1350. The Morgan fingerprint density at radius 3 is 2.47 bits per heavy atom. The minimum absolute atomic E-state index is 0.0120. The first-order chi connectivity index (χ1) is 14.5. The van der Waals surface area contributed by atoms with Gasteiger partial charge in [0.15, 0.2) is 0 Å². The molecule has 0 aliphatic carbocycles. The molecule has 2 heterocycles. The van der Waals surface area contributed by atoms with Crippen LogP contribution in [-0.4, -0.2) is 24.3 Å². The van der Waals surface area contributed by atoms with Crippen molar-refractivity contribution >= 4 is 20.9 Å². The molecule has 7 heteroatoms. The quantitative estimate of drug-likeness (QED) is 0.515. The van der Waals surface area contributed by atoms with E-state index < -0.39 is 27.7 Å². The summed E-state index contributed by atoms with van der Waals surface area (Å²) in [6.07, 6.45) is 0.471. The summed E-state index contributed by atoms with van der Waals surface area (Å²) in [5.74, 6) is -1.27. The first-order valence-electron chi connectivity index (χ1n) is 9.58. The minimum Gasteiger partial charge on any atom is -0.357 e. The zero-order valence-corrected chi connectivity index (χ0v) is 16.7. The minimum atomic E-state index is -3.94. The van der Waals surface area contributed by atoms with Crippen molar-refractivity contribution in [3.05, 3.63) is 101 Å². The Balaban J connectivity index is 1.76. The number of fused-ring (bicyclic) bond motifs is 3. The van der Waals surface area contributed by atoms with Crippen LogP contribution < -0.4 is 0 Å². The molecule has 1 aromatic heterocycles. The van der Waals surface area contributed by atoms with Gasteiger partial charge in [0.25, 0.3) is 0 Å². The summed E-state index contributed by atoms with van der Waals surface area (Å²) in [6, 6.07) is 17.8. The molecule has 0 amide bonds. The van der Waals surface area contributed by atoms with Crippen LogP contribution in [0.2, 0.25) is 0 Å². The molecule has 30 heavy (non-hydrogen) atoms. The lowest BCUT2D eigenvalue weighted by atomic mass is 9.94. The molecule has 5 rings (SSSR count). The zero-order valence-electron chi connectivity index (χ0n) is 15.8. The molecule has 0 unspecified atom stereocenters. The zero-order chi connectivity index (χ0) is 20.9. The van der Waals surface area contributed by atoms with E-state index in [1.165, 1.54) is 16.4 Å². The van der Waals surface area contributed by atoms with E-state index in [0.29, 0.717) is 12.1 Å². The van der Waals surface area contributed by atoms with Crippen molar-refractivity contribution in [1.82, 2.24) is 9.29 Å². The SMILES string of the molecule is O=S(=O)(c1ccccc1)N1CCc2c([nH]c3ccccc23)[C@H]1c1cc(F)ccc1F. The van der Waals surface area contributed by atoms with E-state index in [1.807, 2.05) is 24.3 Å². The molecule has 0 spiro atoms. The van der Waals surface area contributed by atoms with Crippen LogP contribution in [0.5, 0.6) is 0 Å². The first kappa shape index (κ1) is 19.0. The molecule has 0 fully saturated rings. The van der Waals surface area contributed by atoms with Gasteiger partial charge in [-0.25, -0.2) is 17.2 Å². The number of benzene rings is 3. The summed E-state index contributed by atoms with van der Waals surface area (Å²) in [7, 11) is -3.94. The molecule has 4 nitrogen and oxygen atoms in total. The third-order valence-electron chi connectivity index (χ3n) is 5.59. The number of nitrogens with zero attached hydrogens (tertiary/aromatic N) is 1. The number of para-hydroxylation sites is 1. The number of aromatic nitrogens is 1. The second-order valence-corrected chi connectivity index (χ2v) is 9.20. The summed E-state index contributed by atoms with van der Waals surface area (Å²) in [5, 5.41) is 0.964. The van der Waals surface area contributed by atoms with Crippen LogP contribution in [0.15, 0.2) is 77.7 Å². The average Bonchev–Trinajstić information content (AvgIpc) is 3.14. The highest BCUT2D eigenvalue weighted by atomic mass is 32.2. The lowest BCUT2D eigenvalue weighted by Gasteiger charge is -2.35. The van der Waals surface area contributed by atoms with Gasteiger partial charge in [-0.05, 0) is 48.4 Å². The van der Waals surface area contributed by atoms with Crippen molar-refractivity contribution in [2.45, 2.75) is 17.4 Å². The number of hydrogen-bond donors (Lipinski definition) is 1. The van der Waals surface area contributed by atoms with Crippen LogP contribution in [-0.2, 0) is 16.4 Å². The van der Waals surface area contributed by atoms with Crippen molar-refractivity contribution in [3.63, 3.8) is 0 Å². The maximum absolute atomic E-state index is 14.9. The predicted octanol–water partition coefficient (Wildman–Crippen LogP) is 4.78. The van der Waals surface area contributed by atoms with Gasteiger partial charge in [-0.2, -0.15) is 4.31 Å². The number of aromatic amines is 1. The molecular formula is C23H18F2N2O2S. The van der Waals surface area contributed by atoms with Crippen molar-refractivity contribution in [3.8, 4) is 0 Å². The van der Waals surface area contributed by atoms with Gasteiger partial charge >= 0.3 is 0 Å². The normalized spacial score (nSPS) is 17.2. The van der Waals surface area contributed by atoms with Crippen LogP contribution in [0.25, 0.3) is 10.9 Å². The van der Waals surface area contributed by atoms with Crippen molar-refractivity contribution in [1.29, 1.82) is 0 Å². The highest BCUT2D eigenvalue weighted by molar-refractivity contribution is 7.89. The topological polar surface area (TPSA) is 53.2 Å². The van der Waals surface area contributed by atoms with Crippen molar-refractivity contribution in [2.24, 2.45) is 0 Å². The molecule has 4 aromatic rings. The second kappa shape index (κ2) is 7.04. The molecule has 1 aliphatic heterocycles. The van der Waals surface area contributed by atoms with E-state index in [0.717, 1.165) is 34.7 Å². The first-order valence-corrected chi connectivity index (χ1v) is 11.0. The Kier molecular flexibility index (Phi) is 4.45. The molecule has 1 atom stereocenters. The Labute approximate surface area is 172 Å². The fourth-order valence-electron chi connectivity index (χ4n) is 4.24. The number of hydrogen-bond acceptors (Lipinski definition) is 2. The van der Waals surface area contributed by atoms with E-state index in [9.17, 15) is 17.2 Å². The number of nitrogens with one attached hydrogen (secondary N) is 1. The molecule has 3 aromatic carbocycles. The van der Waals surface area contributed by atoms with Crippen LogP contribution in [0.3, 0.4) is 0 Å². The molecular weight excluding hydrogens is 406 g/mol. The summed E-state index contributed by atoms with van der Waals surface area (Å²) >= 11 is 0. The molecule has 0 saturated heterocycles. The smallest absolute Gasteiger partial charge is 0.244 e. The van der Waals surface area contributed by atoms with Gasteiger partial charge in [0.2, 0.25) is 10.0 Å². The van der Waals surface area contributed by atoms with E-state index >= 15 is 0 Å². The highest BCUT2D eigenvalue weighted by Gasteiger charge is 2.40. The largest absolute Gasteiger partial charge is 0.357 e. The average molecular weight is 424 g/mol. The van der Waals surface area contributed by atoms with Gasteiger partial charge in [0.05, 0.1) is 10.9 Å². The molecule has 1 aliphatic rings. The fraction of sp³-hybridized carbons (Fsp3) is 0.130. The van der Waals surface area contributed by atoms with Gasteiger partial charge < -0.3 is 4.98 Å². The van der Waals surface area contributed by atoms with Crippen LogP contribution in [0, 0.1) is 11.6 Å². The number of rotatable bonds is 3. The summed E-state index contributed by atoms with van der Waals surface area (Å²) in [4.78, 5) is 3.39. The third-order valence-corrected chi connectivity index (χ3v) is 7.47. The lowest BCUT2D eigenvalue weighted by Crippen LogP contribution is -2.41. The highest BCUT2D eigenvalue weighted by Crippen LogP contribution is 2.41. The summed E-state index contributed by atoms with van der Waals surface area (Å²) in [5.41, 5.74) is 2.33. The van der Waals surface area contributed by atoms with E-state index in [1.54, 1.807) is 18.2 Å². The van der Waals surface area contributed by atoms with E-state index in [4.69, 9.17) is 0 Å². The maximum atomic E-state index is 14.9. The number of sulfonamides is 1. The van der Waals surface area contributed by atoms with Crippen LogP contribution in [0.4, 0.5) is 8.78 Å². The molecule has 0 radical (unpaired) electrons. The van der Waals surface area contributed by atoms with Crippen molar-refractivity contribution in [2.75, 3.05) is 6.54 Å². The van der Waals surface area contributed by atoms with Gasteiger partial charge in [-0.3, -0.25) is 0 Å². The maximum Gasteiger partial charge on any atom is 0.244 e. The van der Waals surface area contributed by atoms with E-state index in [2.05, 4.69) is 4.98 Å². The van der Waals surface area contributed by atoms with E-state index in [-0.39, 0.29) is 17.0 Å². The van der Waals surface area contributed by atoms with Crippen LogP contribution >= 0.6 is 0 Å². The lowest BCUT2D eigenvalue weighted by molar-refractivity contribution is 0.332. The third kappa shape index (κ3) is 2.93. The number of halogens is 2. The van der Waals surface area contributed by atoms with Gasteiger partial charge in [0, 0.05) is 28.7 Å². The standard InChI is InChI=1S/C23H18F2N2O2S/c24-15-10-11-20(25)19(14-15)23-22-18(17-8-4-5-9-21(17)26-22)12-13-27(23)30(28,29)16-6-2-1-3-7-16/h1-11,14,23,26H,12-13H2/t23-/m1/s1. The monoisotopic (exact) mass is 424 g/mol. The molecule has 1 N–H and O–H groups in total. The predicted molar refractivity (Wildman–Crippen MR) is 111 cm³/mol. The van der Waals surface area contributed by atoms with Crippen LogP contribution in [0.1, 0.15) is 22.9 Å². The Hall–Kier alpha value is -3.03. The van der Waals surface area contributed by atoms with Gasteiger partial charge in [-0.1, -0.05) is 36.4 Å². The van der Waals surface area contributed by atoms with Crippen molar-refractivity contribution < 1.29 is 17.2 Å². The second-order valence-electron chi connectivity index (χ2n) is 7.31. The summed E-state index contributed by atoms with van der Waals surface area (Å²) < 4.78 is 57.2. The Morgan fingerprint density at radius 1 is 0.933 bits per heavy atom. The molecule has 0 bridgehead atoms. The van der Waals surface area contributed by atoms with Gasteiger partial charge in [0.1, 0.15) is 11.6 Å². The number of H-pyrrole nitrogens is 1.